The van der Waals surface area contributed by atoms with Crippen LogP contribution in [0.15, 0.2) is 42.2 Å². The van der Waals surface area contributed by atoms with E-state index in [2.05, 4.69) is 0 Å². The maximum Gasteiger partial charge on any atom is 0.310 e. The van der Waals surface area contributed by atoms with Gasteiger partial charge in [0, 0.05) is 12.0 Å². The molecule has 1 heterocycles. The first-order valence-electron chi connectivity index (χ1n) is 7.96. The molecule has 5 heteroatoms. The number of benzene rings is 2. The molecule has 3 rings (SSSR count). The van der Waals surface area contributed by atoms with Crippen molar-refractivity contribution in [1.82, 2.24) is 0 Å². The number of carbonyl (C=O) groups is 2. The number of Topliss-reactive ketones (excluding diaryl/α,β-unsaturated/α-hetero) is 1. The Morgan fingerprint density at radius 2 is 2.04 bits per heavy atom. The predicted octanol–water partition coefficient (Wildman–Crippen LogP) is 3.94. The van der Waals surface area contributed by atoms with Crippen LogP contribution in [0.5, 0.6) is 17.2 Å². The summed E-state index contributed by atoms with van der Waals surface area (Å²) in [5, 5.41) is 0. The molecular weight excluding hydrogens is 320 g/mol. The summed E-state index contributed by atoms with van der Waals surface area (Å²) in [7, 11) is 1.59. The molecule has 0 atom stereocenters. The molecule has 5 nitrogen and oxygen atoms in total. The van der Waals surface area contributed by atoms with Crippen LogP contribution in [0.25, 0.3) is 6.08 Å². The molecule has 1 aliphatic heterocycles. The molecule has 25 heavy (non-hydrogen) atoms. The van der Waals surface area contributed by atoms with Crippen LogP contribution in [0.2, 0.25) is 0 Å². The Kier molecular flexibility index (Phi) is 4.57. The first-order valence-corrected chi connectivity index (χ1v) is 7.96. The monoisotopic (exact) mass is 338 g/mol. The van der Waals surface area contributed by atoms with Crippen LogP contribution in [0.1, 0.15) is 34.8 Å². The Balaban J connectivity index is 1.93. The van der Waals surface area contributed by atoms with Crippen molar-refractivity contribution in [3.63, 3.8) is 0 Å². The van der Waals surface area contributed by atoms with E-state index in [1.165, 1.54) is 0 Å². The zero-order valence-corrected chi connectivity index (χ0v) is 14.3. The number of fused-ring (bicyclic) bond motifs is 1. The zero-order valence-electron chi connectivity index (χ0n) is 14.3. The van der Waals surface area contributed by atoms with Crippen LogP contribution in [0.3, 0.4) is 0 Å². The van der Waals surface area contributed by atoms with E-state index in [4.69, 9.17) is 14.2 Å². The van der Waals surface area contributed by atoms with E-state index >= 15 is 0 Å². The highest BCUT2D eigenvalue weighted by Gasteiger charge is 2.30. The van der Waals surface area contributed by atoms with Crippen LogP contribution in [-0.4, -0.2) is 18.9 Å². The molecule has 0 aromatic heterocycles. The first kappa shape index (κ1) is 16.8. The van der Waals surface area contributed by atoms with Crippen molar-refractivity contribution in [2.45, 2.75) is 20.3 Å². The van der Waals surface area contributed by atoms with Gasteiger partial charge in [-0.3, -0.25) is 9.59 Å². The van der Waals surface area contributed by atoms with Crippen molar-refractivity contribution < 1.29 is 23.8 Å². The lowest BCUT2D eigenvalue weighted by molar-refractivity contribution is -0.134. The summed E-state index contributed by atoms with van der Waals surface area (Å²) in [6.45, 7) is 3.49. The van der Waals surface area contributed by atoms with Crippen molar-refractivity contribution >= 4 is 17.8 Å². The molecule has 0 unspecified atom stereocenters. The SMILES string of the molecule is CCC(=O)Oc1ccc2c(c1C)O/C(=C\c1cccc(OC)c1)C2=O. The first-order chi connectivity index (χ1) is 12.0. The molecule has 0 spiro atoms. The summed E-state index contributed by atoms with van der Waals surface area (Å²) < 4.78 is 16.2. The van der Waals surface area contributed by atoms with Crippen molar-refractivity contribution in [1.29, 1.82) is 0 Å². The van der Waals surface area contributed by atoms with Gasteiger partial charge in [-0.25, -0.2) is 0 Å². The number of allylic oxidation sites excluding steroid dienone is 1. The summed E-state index contributed by atoms with van der Waals surface area (Å²) in [6.07, 6.45) is 1.94. The number of hydrogen-bond acceptors (Lipinski definition) is 5. The molecule has 0 aliphatic carbocycles. The Morgan fingerprint density at radius 3 is 2.76 bits per heavy atom. The zero-order chi connectivity index (χ0) is 18.0. The van der Waals surface area contributed by atoms with E-state index in [0.717, 1.165) is 5.56 Å². The second-order valence-electron chi connectivity index (χ2n) is 5.61. The summed E-state index contributed by atoms with van der Waals surface area (Å²) in [5.74, 6) is 1.22. The summed E-state index contributed by atoms with van der Waals surface area (Å²) >= 11 is 0. The Labute approximate surface area is 145 Å². The van der Waals surface area contributed by atoms with E-state index in [-0.39, 0.29) is 23.9 Å². The van der Waals surface area contributed by atoms with E-state index < -0.39 is 0 Å². The normalized spacial score (nSPS) is 14.2. The van der Waals surface area contributed by atoms with Gasteiger partial charge in [0.2, 0.25) is 5.78 Å². The van der Waals surface area contributed by atoms with Crippen molar-refractivity contribution in [3.05, 3.63) is 58.8 Å². The average molecular weight is 338 g/mol. The molecule has 0 fully saturated rings. The van der Waals surface area contributed by atoms with Gasteiger partial charge in [-0.1, -0.05) is 19.1 Å². The van der Waals surface area contributed by atoms with Gasteiger partial charge in [-0.2, -0.15) is 0 Å². The van der Waals surface area contributed by atoms with Gasteiger partial charge in [0.25, 0.3) is 0 Å². The number of methoxy groups -OCH3 is 1. The molecule has 1 aliphatic rings. The lowest BCUT2D eigenvalue weighted by atomic mass is 10.1. The van der Waals surface area contributed by atoms with Gasteiger partial charge in [0.1, 0.15) is 17.2 Å². The van der Waals surface area contributed by atoms with Crippen molar-refractivity contribution in [2.75, 3.05) is 7.11 Å². The minimum absolute atomic E-state index is 0.200. The van der Waals surface area contributed by atoms with Gasteiger partial charge in [0.15, 0.2) is 5.76 Å². The Hall–Kier alpha value is -3.08. The van der Waals surface area contributed by atoms with Gasteiger partial charge >= 0.3 is 5.97 Å². The molecule has 0 amide bonds. The number of rotatable bonds is 4. The largest absolute Gasteiger partial charge is 0.497 e. The minimum atomic E-state index is -0.334. The maximum atomic E-state index is 12.6. The second-order valence-corrected chi connectivity index (χ2v) is 5.61. The van der Waals surface area contributed by atoms with E-state index in [9.17, 15) is 9.59 Å². The van der Waals surface area contributed by atoms with Crippen LogP contribution < -0.4 is 14.2 Å². The molecule has 0 radical (unpaired) electrons. The van der Waals surface area contributed by atoms with Crippen LogP contribution in [0, 0.1) is 6.92 Å². The quantitative estimate of drug-likeness (QED) is 0.480. The molecule has 2 aromatic carbocycles. The number of ether oxygens (including phenoxy) is 3. The van der Waals surface area contributed by atoms with E-state index in [1.807, 2.05) is 24.3 Å². The lowest BCUT2D eigenvalue weighted by Crippen LogP contribution is -2.06. The van der Waals surface area contributed by atoms with Crippen LogP contribution >= 0.6 is 0 Å². The number of carbonyl (C=O) groups excluding carboxylic acids is 2. The standard InChI is InChI=1S/C20H18O5/c1-4-18(21)24-16-9-8-15-19(22)17(25-20(15)12(16)2)11-13-6-5-7-14(10-13)23-3/h5-11H,4H2,1-3H3/b17-11-. The van der Waals surface area contributed by atoms with Crippen LogP contribution in [0.4, 0.5) is 0 Å². The van der Waals surface area contributed by atoms with Crippen LogP contribution in [-0.2, 0) is 4.79 Å². The Bertz CT molecular complexity index is 880. The summed E-state index contributed by atoms with van der Waals surface area (Å²) in [6, 6.07) is 10.6. The molecule has 0 saturated carbocycles. The third kappa shape index (κ3) is 3.26. The molecular formula is C20H18O5. The topological polar surface area (TPSA) is 61.8 Å². The highest BCUT2D eigenvalue weighted by atomic mass is 16.5. The van der Waals surface area contributed by atoms with Crippen molar-refractivity contribution in [2.24, 2.45) is 0 Å². The Morgan fingerprint density at radius 1 is 1.24 bits per heavy atom. The number of ketones is 1. The fourth-order valence-corrected chi connectivity index (χ4v) is 2.56. The van der Waals surface area contributed by atoms with Gasteiger partial charge in [0.05, 0.1) is 12.7 Å². The summed E-state index contributed by atoms with van der Waals surface area (Å²) in [5.41, 5.74) is 1.88. The molecule has 0 bridgehead atoms. The average Bonchev–Trinajstić information content (AvgIpc) is 2.94. The lowest BCUT2D eigenvalue weighted by Gasteiger charge is -2.09. The fourth-order valence-electron chi connectivity index (χ4n) is 2.56. The highest BCUT2D eigenvalue weighted by molar-refractivity contribution is 6.15. The number of hydrogen-bond donors (Lipinski definition) is 0. The third-order valence-corrected chi connectivity index (χ3v) is 3.94. The second kappa shape index (κ2) is 6.81. The third-order valence-electron chi connectivity index (χ3n) is 3.94. The van der Waals surface area contributed by atoms with Crippen molar-refractivity contribution in [3.8, 4) is 17.2 Å². The number of esters is 1. The van der Waals surface area contributed by atoms with Gasteiger partial charge in [-0.05, 0) is 42.8 Å². The molecule has 2 aromatic rings. The van der Waals surface area contributed by atoms with Gasteiger partial charge in [-0.15, -0.1) is 0 Å². The van der Waals surface area contributed by atoms with Gasteiger partial charge < -0.3 is 14.2 Å². The van der Waals surface area contributed by atoms with E-state index in [1.54, 1.807) is 39.2 Å². The maximum absolute atomic E-state index is 12.6. The summed E-state index contributed by atoms with van der Waals surface area (Å²) in [4.78, 5) is 24.1. The highest BCUT2D eigenvalue weighted by Crippen LogP contribution is 2.39. The molecule has 128 valence electrons. The minimum Gasteiger partial charge on any atom is -0.497 e. The van der Waals surface area contributed by atoms with E-state index in [0.29, 0.717) is 28.4 Å². The molecule has 0 saturated heterocycles. The smallest absolute Gasteiger partial charge is 0.310 e. The fraction of sp³-hybridized carbons (Fsp3) is 0.200. The molecule has 0 N–H and O–H groups in total. The predicted molar refractivity (Wildman–Crippen MR) is 93.0 cm³/mol.